The van der Waals surface area contributed by atoms with E-state index in [2.05, 4.69) is 11.2 Å². The number of hydrogen-bond donors (Lipinski definition) is 1. The number of halogens is 2. The predicted molar refractivity (Wildman–Crippen MR) is 112 cm³/mol. The highest BCUT2D eigenvalue weighted by molar-refractivity contribution is 6.33. The Balaban J connectivity index is 1.93. The molecule has 6 nitrogen and oxygen atoms in total. The third-order valence-electron chi connectivity index (χ3n) is 3.91. The normalized spacial score (nSPS) is 14.7. The second kappa shape index (κ2) is 8.91. The molecular weight excluding hydrogens is 415 g/mol. The molecule has 0 saturated carbocycles. The van der Waals surface area contributed by atoms with Crippen molar-refractivity contribution >= 4 is 46.9 Å². The summed E-state index contributed by atoms with van der Waals surface area (Å²) in [6.07, 6.45) is 6.74. The van der Waals surface area contributed by atoms with Crippen LogP contribution in [0.3, 0.4) is 0 Å². The summed E-state index contributed by atoms with van der Waals surface area (Å²) in [5, 5.41) is 3.33. The Bertz CT molecular complexity index is 1030. The van der Waals surface area contributed by atoms with Gasteiger partial charge in [0, 0.05) is 5.02 Å². The molecule has 2 aromatic rings. The topological polar surface area (TPSA) is 67.9 Å². The zero-order chi connectivity index (χ0) is 21.0. The van der Waals surface area contributed by atoms with E-state index in [4.69, 9.17) is 39.1 Å². The largest absolute Gasteiger partial charge is 0.490 e. The van der Waals surface area contributed by atoms with Crippen molar-refractivity contribution in [3.05, 3.63) is 57.7 Å². The number of ether oxygens (including phenoxy) is 2. The van der Waals surface area contributed by atoms with E-state index in [1.54, 1.807) is 36.4 Å². The second-order valence-electron chi connectivity index (χ2n) is 5.86. The molecule has 29 heavy (non-hydrogen) atoms. The highest BCUT2D eigenvalue weighted by atomic mass is 35.5. The third-order valence-corrected chi connectivity index (χ3v) is 4.44. The molecule has 148 valence electrons. The van der Waals surface area contributed by atoms with E-state index in [1.165, 1.54) is 6.08 Å². The van der Waals surface area contributed by atoms with E-state index < -0.39 is 11.9 Å². The first-order valence-electron chi connectivity index (χ1n) is 8.60. The maximum Gasteiger partial charge on any atom is 0.333 e. The number of nitrogens with zero attached hydrogens (tertiary/aromatic N) is 1. The van der Waals surface area contributed by atoms with Crippen LogP contribution >= 0.6 is 23.2 Å². The summed E-state index contributed by atoms with van der Waals surface area (Å²) >= 11 is 12.2. The van der Waals surface area contributed by atoms with Gasteiger partial charge < -0.3 is 14.8 Å². The molecule has 0 unspecified atom stereocenters. The van der Waals surface area contributed by atoms with E-state index in [9.17, 15) is 9.59 Å². The minimum absolute atomic E-state index is 0.0326. The Kier molecular flexibility index (Phi) is 6.32. The Labute approximate surface area is 178 Å². The minimum atomic E-state index is -0.561. The van der Waals surface area contributed by atoms with Crippen LogP contribution in [-0.2, 0) is 4.79 Å². The van der Waals surface area contributed by atoms with Crippen LogP contribution in [0, 0.1) is 12.3 Å². The average Bonchev–Trinajstić information content (AvgIpc) is 2.95. The lowest BCUT2D eigenvalue weighted by Crippen LogP contribution is -2.30. The number of rotatable bonds is 6. The molecule has 3 amide bonds. The van der Waals surface area contributed by atoms with Crippen LogP contribution in [-0.4, -0.2) is 25.2 Å². The molecule has 1 aliphatic rings. The second-order valence-corrected chi connectivity index (χ2v) is 6.70. The quantitative estimate of drug-likeness (QED) is 0.416. The number of terminal acetylenes is 1. The number of benzene rings is 2. The van der Waals surface area contributed by atoms with Gasteiger partial charge in [-0.3, -0.25) is 4.79 Å². The molecule has 2 aromatic carbocycles. The number of carbonyl (C=O) groups excluding carboxylic acids is 2. The smallest absolute Gasteiger partial charge is 0.333 e. The van der Waals surface area contributed by atoms with Crippen molar-refractivity contribution < 1.29 is 19.1 Å². The predicted octanol–water partition coefficient (Wildman–Crippen LogP) is 4.50. The van der Waals surface area contributed by atoms with Crippen molar-refractivity contribution in [3.8, 4) is 23.8 Å². The lowest BCUT2D eigenvalue weighted by atomic mass is 10.1. The number of urea groups is 1. The summed E-state index contributed by atoms with van der Waals surface area (Å²) in [5.41, 5.74) is 1.06. The Morgan fingerprint density at radius 2 is 1.90 bits per heavy atom. The molecule has 8 heteroatoms. The SMILES string of the molecule is C#CCOc1c(Cl)cc(/C=C2/NC(=O)N(c3ccc(Cl)cc3)C2=O)cc1OCC. The van der Waals surface area contributed by atoms with Gasteiger partial charge in [0.15, 0.2) is 11.5 Å². The summed E-state index contributed by atoms with van der Waals surface area (Å²) in [4.78, 5) is 26.1. The molecule has 1 fully saturated rings. The number of carbonyl (C=O) groups is 2. The van der Waals surface area contributed by atoms with Gasteiger partial charge in [-0.05, 0) is 55.0 Å². The van der Waals surface area contributed by atoms with Crippen molar-refractivity contribution in [3.63, 3.8) is 0 Å². The van der Waals surface area contributed by atoms with Crippen LogP contribution in [0.15, 0.2) is 42.1 Å². The first kappa shape index (κ1) is 20.6. The van der Waals surface area contributed by atoms with E-state index in [-0.39, 0.29) is 17.3 Å². The molecule has 3 rings (SSSR count). The minimum Gasteiger partial charge on any atom is -0.490 e. The number of hydrogen-bond acceptors (Lipinski definition) is 4. The van der Waals surface area contributed by atoms with E-state index in [0.29, 0.717) is 34.4 Å². The summed E-state index contributed by atoms with van der Waals surface area (Å²) in [6.45, 7) is 2.22. The summed E-state index contributed by atoms with van der Waals surface area (Å²) < 4.78 is 11.0. The van der Waals surface area contributed by atoms with Gasteiger partial charge in [-0.2, -0.15) is 0 Å². The number of anilines is 1. The van der Waals surface area contributed by atoms with Crippen LogP contribution in [0.25, 0.3) is 6.08 Å². The van der Waals surface area contributed by atoms with Crippen LogP contribution < -0.4 is 19.7 Å². The van der Waals surface area contributed by atoms with Crippen molar-refractivity contribution in [2.45, 2.75) is 6.92 Å². The molecule has 1 heterocycles. The van der Waals surface area contributed by atoms with Crippen molar-refractivity contribution in [1.29, 1.82) is 0 Å². The van der Waals surface area contributed by atoms with Crippen LogP contribution in [0.2, 0.25) is 10.0 Å². The molecule has 0 radical (unpaired) electrons. The molecule has 0 bridgehead atoms. The number of nitrogens with one attached hydrogen (secondary N) is 1. The summed E-state index contributed by atoms with van der Waals surface area (Å²) in [5.74, 6) is 2.57. The molecule has 0 aliphatic carbocycles. The molecule has 0 spiro atoms. The Morgan fingerprint density at radius 1 is 1.17 bits per heavy atom. The van der Waals surface area contributed by atoms with Gasteiger partial charge in [-0.1, -0.05) is 29.1 Å². The summed E-state index contributed by atoms with van der Waals surface area (Å²) in [6, 6.07) is 9.05. The molecule has 1 aliphatic heterocycles. The van der Waals surface area contributed by atoms with Crippen molar-refractivity contribution in [2.24, 2.45) is 0 Å². The fourth-order valence-corrected chi connectivity index (χ4v) is 3.11. The van der Waals surface area contributed by atoms with Gasteiger partial charge in [-0.15, -0.1) is 6.42 Å². The van der Waals surface area contributed by atoms with Gasteiger partial charge in [0.25, 0.3) is 5.91 Å². The maximum absolute atomic E-state index is 12.7. The van der Waals surface area contributed by atoms with Gasteiger partial charge in [0.1, 0.15) is 12.3 Å². The third kappa shape index (κ3) is 4.48. The van der Waals surface area contributed by atoms with E-state index in [1.807, 2.05) is 6.92 Å². The lowest BCUT2D eigenvalue weighted by Gasteiger charge is -2.13. The fourth-order valence-electron chi connectivity index (χ4n) is 2.71. The highest BCUT2D eigenvalue weighted by Gasteiger charge is 2.34. The first-order valence-corrected chi connectivity index (χ1v) is 9.35. The summed E-state index contributed by atoms with van der Waals surface area (Å²) in [7, 11) is 0. The number of amides is 3. The monoisotopic (exact) mass is 430 g/mol. The first-order chi connectivity index (χ1) is 13.9. The molecule has 0 aromatic heterocycles. The Morgan fingerprint density at radius 3 is 2.55 bits per heavy atom. The van der Waals surface area contributed by atoms with E-state index >= 15 is 0 Å². The zero-order valence-corrected chi connectivity index (χ0v) is 16.9. The molecular formula is C21H16Cl2N2O4. The average molecular weight is 431 g/mol. The van der Waals surface area contributed by atoms with Gasteiger partial charge in [0.2, 0.25) is 0 Å². The van der Waals surface area contributed by atoms with Gasteiger partial charge in [0.05, 0.1) is 17.3 Å². The van der Waals surface area contributed by atoms with Gasteiger partial charge in [-0.25, -0.2) is 9.69 Å². The van der Waals surface area contributed by atoms with Gasteiger partial charge >= 0.3 is 6.03 Å². The van der Waals surface area contributed by atoms with E-state index in [0.717, 1.165) is 4.90 Å². The molecule has 1 saturated heterocycles. The van der Waals surface area contributed by atoms with Crippen molar-refractivity contribution in [1.82, 2.24) is 5.32 Å². The number of imide groups is 1. The maximum atomic E-state index is 12.7. The van der Waals surface area contributed by atoms with Crippen LogP contribution in [0.5, 0.6) is 11.5 Å². The fraction of sp³-hybridized carbons (Fsp3) is 0.143. The zero-order valence-electron chi connectivity index (χ0n) is 15.4. The van der Waals surface area contributed by atoms with Crippen LogP contribution in [0.4, 0.5) is 10.5 Å². The standard InChI is InChI=1S/C21H16Cl2N2O4/c1-3-9-29-19-16(23)10-13(12-18(19)28-4-2)11-17-20(26)25(21(27)24-17)15-7-5-14(22)6-8-15/h1,5-8,10-12H,4,9H2,2H3,(H,24,27)/b17-11+. The molecule has 0 atom stereocenters. The lowest BCUT2D eigenvalue weighted by molar-refractivity contribution is -0.113. The van der Waals surface area contributed by atoms with Crippen LogP contribution in [0.1, 0.15) is 12.5 Å². The Hall–Kier alpha value is -3.14. The molecule has 1 N–H and O–H groups in total. The highest BCUT2D eigenvalue weighted by Crippen LogP contribution is 2.37. The van der Waals surface area contributed by atoms with Crippen molar-refractivity contribution in [2.75, 3.05) is 18.1 Å².